The second kappa shape index (κ2) is 8.61. The lowest BCUT2D eigenvalue weighted by Gasteiger charge is -2.09. The summed E-state index contributed by atoms with van der Waals surface area (Å²) in [7, 11) is 1.60. The Morgan fingerprint density at radius 1 is 1.00 bits per heavy atom. The Kier molecular flexibility index (Phi) is 5.99. The minimum Gasteiger partial charge on any atom is -0.497 e. The van der Waals surface area contributed by atoms with Gasteiger partial charge in [-0.3, -0.25) is 9.59 Å². The number of furan rings is 1. The third-order valence-electron chi connectivity index (χ3n) is 4.26. The molecule has 1 aromatic heterocycles. The highest BCUT2D eigenvalue weighted by molar-refractivity contribution is 5.96. The molecule has 0 aliphatic carbocycles. The van der Waals surface area contributed by atoms with Crippen LogP contribution in [0.25, 0.3) is 11.0 Å². The first kappa shape index (κ1) is 19.5. The van der Waals surface area contributed by atoms with E-state index in [4.69, 9.17) is 9.15 Å². The molecule has 0 saturated heterocycles. The van der Waals surface area contributed by atoms with Gasteiger partial charge < -0.3 is 19.8 Å². The summed E-state index contributed by atoms with van der Waals surface area (Å²) in [5.41, 5.74) is 2.87. The third kappa shape index (κ3) is 4.91. The van der Waals surface area contributed by atoms with Crippen LogP contribution in [-0.4, -0.2) is 18.9 Å². The molecule has 0 atom stereocenters. The maximum atomic E-state index is 12.4. The summed E-state index contributed by atoms with van der Waals surface area (Å²) in [6.07, 6.45) is 2.27. The van der Waals surface area contributed by atoms with Gasteiger partial charge in [-0.15, -0.1) is 0 Å². The normalized spacial score (nSPS) is 10.9. The fraction of sp³-hybridized carbons (Fsp3) is 0.273. The summed E-state index contributed by atoms with van der Waals surface area (Å²) in [6.45, 7) is 4.00. The van der Waals surface area contributed by atoms with Crippen LogP contribution in [0.3, 0.4) is 0 Å². The van der Waals surface area contributed by atoms with Crippen LogP contribution < -0.4 is 15.4 Å². The number of hydrogen-bond donors (Lipinski definition) is 2. The molecule has 0 unspecified atom stereocenters. The van der Waals surface area contributed by atoms with Gasteiger partial charge in [-0.1, -0.05) is 13.8 Å². The number of rotatable bonds is 7. The van der Waals surface area contributed by atoms with E-state index in [0.29, 0.717) is 35.0 Å². The molecule has 2 amide bonds. The molecule has 0 bridgehead atoms. The van der Waals surface area contributed by atoms with Gasteiger partial charge in [0.05, 0.1) is 19.8 Å². The number of carbonyl (C=O) groups is 2. The summed E-state index contributed by atoms with van der Waals surface area (Å²) in [5, 5.41) is 6.60. The SMILES string of the molecule is COc1ccc2c(CC(=O)Nc3ccc(NC(=O)CC(C)C)cc3)coc2c1. The number of fused-ring (bicyclic) bond motifs is 1. The van der Waals surface area contributed by atoms with Crippen molar-refractivity contribution in [2.75, 3.05) is 17.7 Å². The van der Waals surface area contributed by atoms with Gasteiger partial charge in [0.1, 0.15) is 11.3 Å². The fourth-order valence-corrected chi connectivity index (χ4v) is 2.93. The van der Waals surface area contributed by atoms with E-state index >= 15 is 0 Å². The van der Waals surface area contributed by atoms with Crippen molar-refractivity contribution >= 4 is 34.2 Å². The Labute approximate surface area is 163 Å². The Bertz CT molecular complexity index is 974. The minimum atomic E-state index is -0.143. The molecule has 28 heavy (non-hydrogen) atoms. The van der Waals surface area contributed by atoms with Crippen molar-refractivity contribution in [3.8, 4) is 5.75 Å². The lowest BCUT2D eigenvalue weighted by atomic mass is 10.1. The highest BCUT2D eigenvalue weighted by Crippen LogP contribution is 2.26. The van der Waals surface area contributed by atoms with Gasteiger partial charge in [0, 0.05) is 34.8 Å². The quantitative estimate of drug-likeness (QED) is 0.627. The van der Waals surface area contributed by atoms with Gasteiger partial charge in [0.2, 0.25) is 11.8 Å². The predicted octanol–water partition coefficient (Wildman–Crippen LogP) is 4.61. The predicted molar refractivity (Wildman–Crippen MR) is 110 cm³/mol. The largest absolute Gasteiger partial charge is 0.497 e. The standard InChI is InChI=1S/C22H24N2O4/c1-14(2)10-21(25)23-16-4-6-17(7-5-16)24-22(26)11-15-13-28-20-12-18(27-3)8-9-19(15)20/h4-9,12-14H,10-11H2,1-3H3,(H,23,25)(H,24,26). The van der Waals surface area contributed by atoms with Crippen LogP contribution in [-0.2, 0) is 16.0 Å². The second-order valence-corrected chi connectivity index (χ2v) is 7.07. The van der Waals surface area contributed by atoms with Crippen molar-refractivity contribution in [2.24, 2.45) is 5.92 Å². The highest BCUT2D eigenvalue weighted by Gasteiger charge is 2.12. The topological polar surface area (TPSA) is 80.6 Å². The molecular weight excluding hydrogens is 356 g/mol. The van der Waals surface area contributed by atoms with E-state index in [2.05, 4.69) is 10.6 Å². The van der Waals surface area contributed by atoms with Crippen molar-refractivity contribution in [3.05, 3.63) is 54.3 Å². The molecule has 3 aromatic rings. The van der Waals surface area contributed by atoms with Gasteiger partial charge in [-0.2, -0.15) is 0 Å². The maximum Gasteiger partial charge on any atom is 0.228 e. The zero-order valence-corrected chi connectivity index (χ0v) is 16.2. The molecule has 6 nitrogen and oxygen atoms in total. The van der Waals surface area contributed by atoms with Crippen LogP contribution >= 0.6 is 0 Å². The maximum absolute atomic E-state index is 12.4. The molecule has 0 aliphatic rings. The molecule has 0 radical (unpaired) electrons. The number of anilines is 2. The van der Waals surface area contributed by atoms with Crippen molar-refractivity contribution in [2.45, 2.75) is 26.7 Å². The van der Waals surface area contributed by atoms with E-state index in [9.17, 15) is 9.59 Å². The molecule has 1 heterocycles. The molecule has 2 aromatic carbocycles. The number of amides is 2. The van der Waals surface area contributed by atoms with Gasteiger partial charge >= 0.3 is 0 Å². The number of hydrogen-bond acceptors (Lipinski definition) is 4. The summed E-state index contributed by atoms with van der Waals surface area (Å²) >= 11 is 0. The smallest absolute Gasteiger partial charge is 0.228 e. The molecule has 146 valence electrons. The molecule has 0 saturated carbocycles. The zero-order chi connectivity index (χ0) is 20.1. The Morgan fingerprint density at radius 3 is 2.25 bits per heavy atom. The highest BCUT2D eigenvalue weighted by atomic mass is 16.5. The Hall–Kier alpha value is -3.28. The average Bonchev–Trinajstić information content (AvgIpc) is 3.04. The summed E-state index contributed by atoms with van der Waals surface area (Å²) < 4.78 is 10.7. The van der Waals surface area contributed by atoms with Gasteiger partial charge in [0.25, 0.3) is 0 Å². The van der Waals surface area contributed by atoms with Gasteiger partial charge in [-0.25, -0.2) is 0 Å². The van der Waals surface area contributed by atoms with E-state index < -0.39 is 0 Å². The van der Waals surface area contributed by atoms with Gasteiger partial charge in [-0.05, 0) is 42.3 Å². The zero-order valence-electron chi connectivity index (χ0n) is 16.2. The van der Waals surface area contributed by atoms with Crippen LogP contribution in [0.15, 0.2) is 53.1 Å². The van der Waals surface area contributed by atoms with Crippen molar-refractivity contribution < 1.29 is 18.7 Å². The molecule has 3 rings (SSSR count). The van der Waals surface area contributed by atoms with E-state index in [1.165, 1.54) is 0 Å². The molecule has 0 fully saturated rings. The number of benzene rings is 2. The first-order valence-electron chi connectivity index (χ1n) is 9.18. The number of ether oxygens (including phenoxy) is 1. The summed E-state index contributed by atoms with van der Waals surface area (Å²) in [4.78, 5) is 24.2. The van der Waals surface area contributed by atoms with E-state index in [1.54, 1.807) is 43.7 Å². The Morgan fingerprint density at radius 2 is 1.64 bits per heavy atom. The van der Waals surface area contributed by atoms with Crippen LogP contribution in [0, 0.1) is 5.92 Å². The Balaban J connectivity index is 1.60. The minimum absolute atomic E-state index is 0.0183. The summed E-state index contributed by atoms with van der Waals surface area (Å²) in [5.74, 6) is 0.849. The fourth-order valence-electron chi connectivity index (χ4n) is 2.93. The lowest BCUT2D eigenvalue weighted by molar-refractivity contribution is -0.117. The van der Waals surface area contributed by atoms with E-state index in [0.717, 1.165) is 10.9 Å². The average molecular weight is 380 g/mol. The molecule has 2 N–H and O–H groups in total. The number of nitrogens with one attached hydrogen (secondary N) is 2. The monoisotopic (exact) mass is 380 g/mol. The number of methoxy groups -OCH3 is 1. The lowest BCUT2D eigenvalue weighted by Crippen LogP contribution is -2.15. The number of carbonyl (C=O) groups excluding carboxylic acids is 2. The molecular formula is C22H24N2O4. The second-order valence-electron chi connectivity index (χ2n) is 7.07. The van der Waals surface area contributed by atoms with Crippen molar-refractivity contribution in [3.63, 3.8) is 0 Å². The van der Waals surface area contributed by atoms with Crippen molar-refractivity contribution in [1.29, 1.82) is 0 Å². The van der Waals surface area contributed by atoms with E-state index in [-0.39, 0.29) is 18.2 Å². The third-order valence-corrected chi connectivity index (χ3v) is 4.26. The van der Waals surface area contributed by atoms with Crippen LogP contribution in [0.1, 0.15) is 25.8 Å². The van der Waals surface area contributed by atoms with Gasteiger partial charge in [0.15, 0.2) is 0 Å². The van der Waals surface area contributed by atoms with Crippen LogP contribution in [0.4, 0.5) is 11.4 Å². The van der Waals surface area contributed by atoms with E-state index in [1.807, 2.05) is 26.0 Å². The molecule has 0 spiro atoms. The van der Waals surface area contributed by atoms with Crippen LogP contribution in [0.2, 0.25) is 0 Å². The van der Waals surface area contributed by atoms with Crippen LogP contribution in [0.5, 0.6) is 5.75 Å². The molecule has 6 heteroatoms. The van der Waals surface area contributed by atoms with Crippen molar-refractivity contribution in [1.82, 2.24) is 0 Å². The summed E-state index contributed by atoms with van der Waals surface area (Å²) in [6, 6.07) is 12.6. The first-order valence-corrected chi connectivity index (χ1v) is 9.18. The first-order chi connectivity index (χ1) is 13.4. The molecule has 0 aliphatic heterocycles.